The third kappa shape index (κ3) is 2.06. The normalized spacial score (nSPS) is 15.3. The van der Waals surface area contributed by atoms with Crippen LogP contribution in [0.4, 0.5) is 0 Å². The van der Waals surface area contributed by atoms with Crippen LogP contribution in [0.5, 0.6) is 5.75 Å². The van der Waals surface area contributed by atoms with Crippen molar-refractivity contribution in [1.29, 1.82) is 0 Å². The predicted octanol–water partition coefficient (Wildman–Crippen LogP) is 3.82. The van der Waals surface area contributed by atoms with Gasteiger partial charge in [0.1, 0.15) is 5.75 Å². The number of ether oxygens (including phenoxy) is 1. The van der Waals surface area contributed by atoms with E-state index in [0.717, 1.165) is 12.2 Å². The monoisotopic (exact) mass is 202 g/mol. The molecule has 0 saturated carbocycles. The summed E-state index contributed by atoms with van der Waals surface area (Å²) in [5.74, 6) is 1.01. The fourth-order valence-electron chi connectivity index (χ4n) is 1.81. The van der Waals surface area contributed by atoms with E-state index in [2.05, 4.69) is 45.9 Å². The van der Waals surface area contributed by atoms with Crippen LogP contribution in [0.25, 0.3) is 0 Å². The zero-order chi connectivity index (χ0) is 11.1. The minimum Gasteiger partial charge on any atom is -0.465 e. The van der Waals surface area contributed by atoms with Gasteiger partial charge in [-0.15, -0.1) is 0 Å². The van der Waals surface area contributed by atoms with Gasteiger partial charge >= 0.3 is 0 Å². The zero-order valence-electron chi connectivity index (χ0n) is 9.92. The summed E-state index contributed by atoms with van der Waals surface area (Å²) in [4.78, 5) is 0. The van der Waals surface area contributed by atoms with Crippen molar-refractivity contribution in [3.63, 3.8) is 0 Å². The number of hydrogen-bond donors (Lipinski definition) is 0. The summed E-state index contributed by atoms with van der Waals surface area (Å²) < 4.78 is 5.54. The fourth-order valence-corrected chi connectivity index (χ4v) is 1.81. The summed E-state index contributed by atoms with van der Waals surface area (Å²) in [6, 6.07) is 6.51. The molecule has 0 saturated heterocycles. The summed E-state index contributed by atoms with van der Waals surface area (Å²) in [6.07, 6.45) is 2.86. The fraction of sp³-hybridized carbons (Fsp3) is 0.429. The largest absolute Gasteiger partial charge is 0.465 e. The molecule has 0 spiro atoms. The first-order valence-corrected chi connectivity index (χ1v) is 5.42. The van der Waals surface area contributed by atoms with E-state index in [0.29, 0.717) is 0 Å². The molecule has 0 unspecified atom stereocenters. The molecule has 0 aromatic heterocycles. The second kappa shape index (κ2) is 3.41. The van der Waals surface area contributed by atoms with Crippen molar-refractivity contribution in [2.75, 3.05) is 0 Å². The molecule has 0 radical (unpaired) electrons. The molecule has 1 nitrogen and oxygen atoms in total. The van der Waals surface area contributed by atoms with E-state index < -0.39 is 0 Å². The van der Waals surface area contributed by atoms with Crippen LogP contribution < -0.4 is 4.74 Å². The molecule has 0 amide bonds. The molecule has 2 rings (SSSR count). The van der Waals surface area contributed by atoms with Gasteiger partial charge < -0.3 is 4.74 Å². The predicted molar refractivity (Wildman–Crippen MR) is 63.2 cm³/mol. The van der Waals surface area contributed by atoms with Gasteiger partial charge in [0, 0.05) is 6.42 Å². The Labute approximate surface area is 91.8 Å². The maximum absolute atomic E-state index is 5.54. The summed E-state index contributed by atoms with van der Waals surface area (Å²) in [5.41, 5.74) is 4.18. The molecular formula is C14H18O. The van der Waals surface area contributed by atoms with Crippen molar-refractivity contribution in [3.8, 4) is 5.75 Å². The van der Waals surface area contributed by atoms with Gasteiger partial charge in [0.25, 0.3) is 0 Å². The van der Waals surface area contributed by atoms with Gasteiger partial charge in [-0.05, 0) is 35.1 Å². The van der Waals surface area contributed by atoms with Crippen molar-refractivity contribution < 1.29 is 4.74 Å². The topological polar surface area (TPSA) is 9.23 Å². The van der Waals surface area contributed by atoms with E-state index in [-0.39, 0.29) is 5.41 Å². The molecule has 0 aliphatic carbocycles. The van der Waals surface area contributed by atoms with Gasteiger partial charge in [0.2, 0.25) is 0 Å². The first kappa shape index (κ1) is 10.3. The van der Waals surface area contributed by atoms with E-state index >= 15 is 0 Å². The molecule has 1 heterocycles. The highest BCUT2D eigenvalue weighted by atomic mass is 16.5. The van der Waals surface area contributed by atoms with Crippen LogP contribution in [0.1, 0.15) is 38.8 Å². The molecule has 1 aliphatic rings. The lowest BCUT2D eigenvalue weighted by Gasteiger charge is -2.22. The van der Waals surface area contributed by atoms with Crippen LogP contribution in [-0.2, 0) is 11.8 Å². The van der Waals surface area contributed by atoms with Crippen LogP contribution >= 0.6 is 0 Å². The maximum Gasteiger partial charge on any atom is 0.130 e. The molecule has 0 N–H and O–H groups in total. The van der Waals surface area contributed by atoms with Gasteiger partial charge in [-0.2, -0.15) is 0 Å². The van der Waals surface area contributed by atoms with Crippen LogP contribution in [0.3, 0.4) is 0 Å². The van der Waals surface area contributed by atoms with Crippen molar-refractivity contribution >= 4 is 0 Å². The zero-order valence-corrected chi connectivity index (χ0v) is 9.92. The quantitative estimate of drug-likeness (QED) is 0.621. The van der Waals surface area contributed by atoms with E-state index in [1.807, 2.05) is 6.26 Å². The standard InChI is InChI=1S/C14H18O/c1-10-7-11-8-12(14(2,3)4)5-6-13(11)15-9-10/h5-6,8-9H,7H2,1-4H3. The lowest BCUT2D eigenvalue weighted by molar-refractivity contribution is 0.455. The third-order valence-corrected chi connectivity index (χ3v) is 2.78. The molecule has 1 aromatic rings. The van der Waals surface area contributed by atoms with Gasteiger partial charge in [-0.1, -0.05) is 32.9 Å². The summed E-state index contributed by atoms with van der Waals surface area (Å²) in [7, 11) is 0. The van der Waals surface area contributed by atoms with Crippen molar-refractivity contribution in [2.45, 2.75) is 39.5 Å². The number of benzene rings is 1. The maximum atomic E-state index is 5.54. The Morgan fingerprint density at radius 1 is 1.20 bits per heavy atom. The smallest absolute Gasteiger partial charge is 0.130 e. The Morgan fingerprint density at radius 2 is 1.93 bits per heavy atom. The Morgan fingerprint density at radius 3 is 2.60 bits per heavy atom. The lowest BCUT2D eigenvalue weighted by atomic mass is 9.85. The summed E-state index contributed by atoms with van der Waals surface area (Å²) >= 11 is 0. The Kier molecular flexibility index (Phi) is 2.34. The van der Waals surface area contributed by atoms with E-state index in [1.165, 1.54) is 16.7 Å². The van der Waals surface area contributed by atoms with E-state index in [9.17, 15) is 0 Å². The summed E-state index contributed by atoms with van der Waals surface area (Å²) in [5, 5.41) is 0. The second-order valence-electron chi connectivity index (χ2n) is 5.33. The van der Waals surface area contributed by atoms with Gasteiger partial charge in [0.15, 0.2) is 0 Å². The molecule has 80 valence electrons. The van der Waals surface area contributed by atoms with Crippen molar-refractivity contribution in [3.05, 3.63) is 41.2 Å². The minimum atomic E-state index is 0.212. The van der Waals surface area contributed by atoms with Gasteiger partial charge in [0.05, 0.1) is 6.26 Å². The number of allylic oxidation sites excluding steroid dienone is 1. The van der Waals surface area contributed by atoms with Gasteiger partial charge in [-0.25, -0.2) is 0 Å². The van der Waals surface area contributed by atoms with Crippen LogP contribution in [-0.4, -0.2) is 0 Å². The van der Waals surface area contributed by atoms with Gasteiger partial charge in [-0.3, -0.25) is 0 Å². The number of fused-ring (bicyclic) bond motifs is 1. The first-order valence-electron chi connectivity index (χ1n) is 5.42. The average molecular weight is 202 g/mol. The molecule has 1 heteroatoms. The first-order chi connectivity index (χ1) is 6.97. The molecular weight excluding hydrogens is 184 g/mol. The highest BCUT2D eigenvalue weighted by Gasteiger charge is 2.17. The number of hydrogen-bond acceptors (Lipinski definition) is 1. The molecule has 0 atom stereocenters. The van der Waals surface area contributed by atoms with Crippen molar-refractivity contribution in [2.24, 2.45) is 0 Å². The van der Waals surface area contributed by atoms with E-state index in [4.69, 9.17) is 4.74 Å². The van der Waals surface area contributed by atoms with Crippen molar-refractivity contribution in [1.82, 2.24) is 0 Å². The summed E-state index contributed by atoms with van der Waals surface area (Å²) in [6.45, 7) is 8.82. The molecule has 0 bridgehead atoms. The van der Waals surface area contributed by atoms with Crippen LogP contribution in [0.15, 0.2) is 30.0 Å². The Hall–Kier alpha value is -1.24. The number of rotatable bonds is 0. The minimum absolute atomic E-state index is 0.212. The third-order valence-electron chi connectivity index (χ3n) is 2.78. The molecule has 15 heavy (non-hydrogen) atoms. The van der Waals surface area contributed by atoms with E-state index in [1.54, 1.807) is 0 Å². The SMILES string of the molecule is CC1=COc2ccc(C(C)(C)C)cc2C1. The second-order valence-corrected chi connectivity index (χ2v) is 5.33. The molecule has 0 fully saturated rings. The lowest BCUT2D eigenvalue weighted by Crippen LogP contribution is -2.12. The van der Waals surface area contributed by atoms with Crippen LogP contribution in [0.2, 0.25) is 0 Å². The van der Waals surface area contributed by atoms with Crippen LogP contribution in [0, 0.1) is 0 Å². The Balaban J connectivity index is 2.40. The highest BCUT2D eigenvalue weighted by molar-refractivity contribution is 5.43. The highest BCUT2D eigenvalue weighted by Crippen LogP contribution is 2.31. The molecule has 1 aromatic carbocycles. The average Bonchev–Trinajstić information content (AvgIpc) is 2.15. The Bertz CT molecular complexity index is 408. The molecule has 1 aliphatic heterocycles.